The third-order valence-electron chi connectivity index (χ3n) is 2.45. The zero-order chi connectivity index (χ0) is 15.3. The smallest absolute Gasteiger partial charge is 0.471 e. The number of methoxy groups -OCH3 is 1. The maximum atomic E-state index is 12.2. The average molecular weight is 290 g/mol. The first-order valence-electron chi connectivity index (χ1n) is 5.45. The van der Waals surface area contributed by atoms with Crippen LogP contribution in [0.2, 0.25) is 0 Å². The fraction of sp³-hybridized carbons (Fsp3) is 0.333. The molecule has 0 aliphatic heterocycles. The summed E-state index contributed by atoms with van der Waals surface area (Å²) >= 11 is 0. The molecule has 1 N–H and O–H groups in total. The Morgan fingerprint density at radius 2 is 1.85 bits per heavy atom. The Balaban J connectivity index is 2.93. The van der Waals surface area contributed by atoms with Crippen LogP contribution in [0.25, 0.3) is 0 Å². The number of benzene rings is 1. The van der Waals surface area contributed by atoms with Crippen molar-refractivity contribution in [3.05, 3.63) is 29.8 Å². The van der Waals surface area contributed by atoms with Crippen LogP contribution in [0.5, 0.6) is 5.75 Å². The molecule has 0 saturated carbocycles. The number of amides is 1. The monoisotopic (exact) mass is 290 g/mol. The van der Waals surface area contributed by atoms with Gasteiger partial charge in [-0.3, -0.25) is 4.79 Å². The summed E-state index contributed by atoms with van der Waals surface area (Å²) < 4.78 is 41.4. The van der Waals surface area contributed by atoms with Gasteiger partial charge in [0.15, 0.2) is 0 Å². The van der Waals surface area contributed by atoms with Crippen LogP contribution in [0.1, 0.15) is 18.0 Å². The first-order chi connectivity index (χ1) is 9.24. The van der Waals surface area contributed by atoms with E-state index >= 15 is 0 Å². The highest BCUT2D eigenvalue weighted by atomic mass is 19.4. The van der Waals surface area contributed by atoms with Gasteiger partial charge in [0, 0.05) is 12.4 Å². The molecule has 5 nitrogen and oxygen atoms in total. The molecule has 1 rings (SSSR count). The number of hydrogen-bond donors (Lipinski definition) is 1. The maximum absolute atomic E-state index is 12.2. The Hall–Kier alpha value is -2.25. The number of rotatable bonds is 5. The number of carboxylic acids is 1. The maximum Gasteiger partial charge on any atom is 0.471 e. The van der Waals surface area contributed by atoms with Gasteiger partial charge in [0.25, 0.3) is 0 Å². The van der Waals surface area contributed by atoms with Gasteiger partial charge >= 0.3 is 12.1 Å². The molecule has 8 heteroatoms. The lowest BCUT2D eigenvalue weighted by Crippen LogP contribution is -2.41. The molecule has 0 spiro atoms. The lowest BCUT2D eigenvalue weighted by atomic mass is 10.0. The topological polar surface area (TPSA) is 78.5 Å². The van der Waals surface area contributed by atoms with Crippen LogP contribution >= 0.6 is 0 Å². The molecule has 0 fully saturated rings. The summed E-state index contributed by atoms with van der Waals surface area (Å²) in [6.07, 6.45) is -5.86. The van der Waals surface area contributed by atoms with Crippen molar-refractivity contribution in [1.82, 2.24) is 5.32 Å². The molecule has 110 valence electrons. The van der Waals surface area contributed by atoms with E-state index < -0.39 is 30.5 Å². The third-order valence-corrected chi connectivity index (χ3v) is 2.45. The number of ether oxygens (including phenoxy) is 1. The van der Waals surface area contributed by atoms with Gasteiger partial charge in [-0.05, 0) is 17.7 Å². The van der Waals surface area contributed by atoms with Gasteiger partial charge in [-0.25, -0.2) is 0 Å². The summed E-state index contributed by atoms with van der Waals surface area (Å²) in [5.74, 6) is -3.34. The van der Waals surface area contributed by atoms with Crippen molar-refractivity contribution in [2.45, 2.75) is 18.6 Å². The molecule has 0 unspecified atom stereocenters. The molecule has 1 aromatic rings. The van der Waals surface area contributed by atoms with Crippen molar-refractivity contribution in [2.24, 2.45) is 0 Å². The minimum Gasteiger partial charge on any atom is -0.550 e. The van der Waals surface area contributed by atoms with Gasteiger partial charge in [-0.2, -0.15) is 13.2 Å². The zero-order valence-electron chi connectivity index (χ0n) is 10.4. The van der Waals surface area contributed by atoms with Crippen molar-refractivity contribution < 1.29 is 32.6 Å². The van der Waals surface area contributed by atoms with Gasteiger partial charge in [-0.1, -0.05) is 12.1 Å². The average Bonchev–Trinajstić information content (AvgIpc) is 2.36. The van der Waals surface area contributed by atoms with Gasteiger partial charge in [-0.15, -0.1) is 0 Å². The molecular formula is C12H11F3NO4-. The highest BCUT2D eigenvalue weighted by molar-refractivity contribution is 5.82. The van der Waals surface area contributed by atoms with Crippen molar-refractivity contribution in [3.8, 4) is 5.75 Å². The Bertz CT molecular complexity index is 484. The normalized spacial score (nSPS) is 12.6. The van der Waals surface area contributed by atoms with Crippen LogP contribution in [-0.2, 0) is 9.59 Å². The molecule has 0 aromatic heterocycles. The van der Waals surface area contributed by atoms with Gasteiger partial charge < -0.3 is 20.0 Å². The summed E-state index contributed by atoms with van der Waals surface area (Å²) in [6.45, 7) is 0. The number of aliphatic carboxylic acids is 1. The summed E-state index contributed by atoms with van der Waals surface area (Å²) in [5.41, 5.74) is 0.201. The predicted molar refractivity (Wildman–Crippen MR) is 59.6 cm³/mol. The Morgan fingerprint density at radius 1 is 1.30 bits per heavy atom. The number of hydrogen-bond acceptors (Lipinski definition) is 4. The highest BCUT2D eigenvalue weighted by Gasteiger charge is 2.39. The first kappa shape index (κ1) is 15.8. The number of halogens is 3. The van der Waals surface area contributed by atoms with Gasteiger partial charge in [0.1, 0.15) is 5.75 Å². The number of nitrogens with one attached hydrogen (secondary N) is 1. The van der Waals surface area contributed by atoms with E-state index in [-0.39, 0.29) is 5.56 Å². The minimum absolute atomic E-state index is 0.201. The second kappa shape index (κ2) is 6.27. The van der Waals surface area contributed by atoms with E-state index in [1.54, 1.807) is 5.32 Å². The van der Waals surface area contributed by atoms with Gasteiger partial charge in [0.05, 0.1) is 13.2 Å². The van der Waals surface area contributed by atoms with Crippen molar-refractivity contribution in [2.75, 3.05) is 7.11 Å². The van der Waals surface area contributed by atoms with E-state index in [9.17, 15) is 27.9 Å². The summed E-state index contributed by atoms with van der Waals surface area (Å²) in [4.78, 5) is 21.4. The minimum atomic E-state index is -5.09. The largest absolute Gasteiger partial charge is 0.550 e. The summed E-state index contributed by atoms with van der Waals surface area (Å²) in [6, 6.07) is 4.28. The highest BCUT2D eigenvalue weighted by Crippen LogP contribution is 2.22. The van der Waals surface area contributed by atoms with Crippen molar-refractivity contribution in [1.29, 1.82) is 0 Å². The molecule has 0 aliphatic rings. The molecular weight excluding hydrogens is 279 g/mol. The standard InChI is InChI=1S/C12H12F3NO4/c1-20-8-4-2-7(3-5-8)9(6-10(17)18)16-11(19)12(13,14)15/h2-5,9H,6H2,1H3,(H,16,19)(H,17,18)/p-1/t9-/m0/s1. The third kappa shape index (κ3) is 4.45. The fourth-order valence-corrected chi connectivity index (χ4v) is 1.50. The van der Waals surface area contributed by atoms with Gasteiger partial charge in [0.2, 0.25) is 0 Å². The molecule has 1 atom stereocenters. The van der Waals surface area contributed by atoms with Crippen LogP contribution < -0.4 is 15.2 Å². The van der Waals surface area contributed by atoms with E-state index in [4.69, 9.17) is 4.74 Å². The number of carboxylic acid groups (broad SMARTS) is 1. The quantitative estimate of drug-likeness (QED) is 0.859. The summed E-state index contributed by atoms with van der Waals surface area (Å²) in [5, 5.41) is 12.2. The summed E-state index contributed by atoms with van der Waals surface area (Å²) in [7, 11) is 1.40. The van der Waals surface area contributed by atoms with E-state index in [1.807, 2.05) is 0 Å². The second-order valence-corrected chi connectivity index (χ2v) is 3.87. The van der Waals surface area contributed by atoms with E-state index in [0.29, 0.717) is 5.75 Å². The fourth-order valence-electron chi connectivity index (χ4n) is 1.50. The van der Waals surface area contributed by atoms with Crippen LogP contribution in [0.3, 0.4) is 0 Å². The van der Waals surface area contributed by atoms with Crippen molar-refractivity contribution >= 4 is 11.9 Å². The first-order valence-corrected chi connectivity index (χ1v) is 5.45. The number of alkyl halides is 3. The van der Waals surface area contributed by atoms with E-state index in [0.717, 1.165) is 0 Å². The zero-order valence-corrected chi connectivity index (χ0v) is 10.4. The van der Waals surface area contributed by atoms with Crippen LogP contribution in [0, 0.1) is 0 Å². The molecule has 0 heterocycles. The van der Waals surface area contributed by atoms with Crippen LogP contribution in [-0.4, -0.2) is 25.2 Å². The molecule has 0 radical (unpaired) electrons. The molecule has 1 aromatic carbocycles. The SMILES string of the molecule is COc1ccc([C@H](CC(=O)[O-])NC(=O)C(F)(F)F)cc1. The second-order valence-electron chi connectivity index (χ2n) is 3.87. The van der Waals surface area contributed by atoms with Crippen LogP contribution in [0.15, 0.2) is 24.3 Å². The Morgan fingerprint density at radius 3 is 2.25 bits per heavy atom. The molecule has 20 heavy (non-hydrogen) atoms. The van der Waals surface area contributed by atoms with E-state index in [2.05, 4.69) is 0 Å². The van der Waals surface area contributed by atoms with Crippen LogP contribution in [0.4, 0.5) is 13.2 Å². The number of carbonyl (C=O) groups excluding carboxylic acids is 2. The number of carbonyl (C=O) groups is 2. The molecule has 0 aliphatic carbocycles. The molecule has 1 amide bonds. The lowest BCUT2D eigenvalue weighted by molar-refractivity contribution is -0.306. The predicted octanol–water partition coefficient (Wildman–Crippen LogP) is 0.555. The van der Waals surface area contributed by atoms with Crippen molar-refractivity contribution in [3.63, 3.8) is 0 Å². The Kier molecular flexibility index (Phi) is 4.95. The van der Waals surface area contributed by atoms with E-state index in [1.165, 1.54) is 31.4 Å². The molecule has 0 saturated heterocycles. The molecule has 0 bridgehead atoms. The lowest BCUT2D eigenvalue weighted by Gasteiger charge is -2.20. The Labute approximate surface area is 112 Å².